The van der Waals surface area contributed by atoms with Crippen LogP contribution in [0.5, 0.6) is 0 Å². The summed E-state index contributed by atoms with van der Waals surface area (Å²) in [6, 6.07) is 1.51. The first-order chi connectivity index (χ1) is 7.47. The van der Waals surface area contributed by atoms with E-state index in [9.17, 15) is 8.42 Å². The first-order valence-electron chi connectivity index (χ1n) is 5.35. The maximum absolute atomic E-state index is 12.1. The largest absolute Gasteiger partial charge is 0.398 e. The molecule has 0 aromatic carbocycles. The fraction of sp³-hybridized carbons (Fsp3) is 0.600. The normalized spacial score (nSPS) is 19.3. The number of anilines is 1. The molecule has 0 amide bonds. The van der Waals surface area contributed by atoms with Crippen LogP contribution in [-0.4, -0.2) is 14.0 Å². The Bertz CT molecular complexity index is 469. The number of nitrogens with two attached hydrogens (primary N) is 1. The highest BCUT2D eigenvalue weighted by atomic mass is 32.2. The third-order valence-electron chi connectivity index (χ3n) is 3.20. The van der Waals surface area contributed by atoms with E-state index in [1.165, 1.54) is 17.4 Å². The minimum absolute atomic E-state index is 0.211. The minimum Gasteiger partial charge on any atom is -0.398 e. The van der Waals surface area contributed by atoms with Crippen molar-refractivity contribution in [3.8, 4) is 0 Å². The lowest BCUT2D eigenvalue weighted by Crippen LogP contribution is -2.52. The van der Waals surface area contributed by atoms with Gasteiger partial charge in [-0.2, -0.15) is 0 Å². The van der Waals surface area contributed by atoms with Gasteiger partial charge in [-0.1, -0.05) is 6.92 Å². The number of nitrogen functional groups attached to an aromatic ring is 1. The van der Waals surface area contributed by atoms with Gasteiger partial charge in [-0.05, 0) is 31.7 Å². The summed E-state index contributed by atoms with van der Waals surface area (Å²) in [4.78, 5) is 0. The smallest absolute Gasteiger partial charge is 0.250 e. The number of nitrogens with one attached hydrogen (secondary N) is 1. The molecule has 0 atom stereocenters. The molecule has 1 heterocycles. The molecule has 1 aromatic heterocycles. The van der Waals surface area contributed by atoms with Crippen molar-refractivity contribution in [2.45, 2.75) is 42.4 Å². The summed E-state index contributed by atoms with van der Waals surface area (Å²) in [7, 11) is -3.38. The van der Waals surface area contributed by atoms with Crippen LogP contribution in [0.15, 0.2) is 15.7 Å². The first-order valence-corrected chi connectivity index (χ1v) is 7.72. The number of sulfonamides is 1. The van der Waals surface area contributed by atoms with Crippen molar-refractivity contribution in [3.05, 3.63) is 11.4 Å². The molecule has 16 heavy (non-hydrogen) atoms. The van der Waals surface area contributed by atoms with Crippen LogP contribution in [0.2, 0.25) is 0 Å². The van der Waals surface area contributed by atoms with Crippen molar-refractivity contribution < 1.29 is 8.42 Å². The molecule has 1 aliphatic rings. The lowest BCUT2D eigenvalue weighted by molar-refractivity contribution is 0.214. The highest BCUT2D eigenvalue weighted by Gasteiger charge is 2.39. The molecular formula is C10H16N2O2S2. The Morgan fingerprint density at radius 2 is 2.25 bits per heavy atom. The zero-order valence-corrected chi connectivity index (χ0v) is 10.8. The summed E-state index contributed by atoms with van der Waals surface area (Å²) < 4.78 is 27.2. The fourth-order valence-electron chi connectivity index (χ4n) is 1.94. The van der Waals surface area contributed by atoms with E-state index in [0.29, 0.717) is 9.90 Å². The Balaban J connectivity index is 2.20. The van der Waals surface area contributed by atoms with Gasteiger partial charge in [0, 0.05) is 16.6 Å². The van der Waals surface area contributed by atoms with Gasteiger partial charge in [-0.25, -0.2) is 13.1 Å². The second-order valence-corrected chi connectivity index (χ2v) is 7.11. The molecular weight excluding hydrogens is 244 g/mol. The molecule has 1 aliphatic carbocycles. The molecule has 3 N–H and O–H groups in total. The molecule has 6 heteroatoms. The number of rotatable bonds is 4. The van der Waals surface area contributed by atoms with Gasteiger partial charge < -0.3 is 5.73 Å². The van der Waals surface area contributed by atoms with Crippen LogP contribution in [0.1, 0.15) is 32.6 Å². The Morgan fingerprint density at radius 3 is 2.62 bits per heavy atom. The third-order valence-corrected chi connectivity index (χ3v) is 6.24. The van der Waals surface area contributed by atoms with Crippen molar-refractivity contribution in [1.29, 1.82) is 0 Å². The van der Waals surface area contributed by atoms with E-state index in [2.05, 4.69) is 4.72 Å². The lowest BCUT2D eigenvalue weighted by Gasteiger charge is -2.41. The zero-order valence-electron chi connectivity index (χ0n) is 9.19. The van der Waals surface area contributed by atoms with E-state index in [0.717, 1.165) is 25.7 Å². The molecule has 1 fully saturated rings. The van der Waals surface area contributed by atoms with Gasteiger partial charge in [0.15, 0.2) is 0 Å². The lowest BCUT2D eigenvalue weighted by atomic mass is 9.76. The van der Waals surface area contributed by atoms with Gasteiger partial charge >= 0.3 is 0 Å². The van der Waals surface area contributed by atoms with E-state index in [1.54, 1.807) is 5.38 Å². The zero-order chi connectivity index (χ0) is 11.8. The number of thiophene rings is 1. The summed E-state index contributed by atoms with van der Waals surface area (Å²) in [5.74, 6) is 0. The van der Waals surface area contributed by atoms with E-state index in [1.807, 2.05) is 6.92 Å². The summed E-state index contributed by atoms with van der Waals surface area (Å²) in [5.41, 5.74) is 5.83. The quantitative estimate of drug-likeness (QED) is 0.869. The predicted molar refractivity (Wildman–Crippen MR) is 65.9 cm³/mol. The van der Waals surface area contributed by atoms with Crippen molar-refractivity contribution in [2.75, 3.05) is 5.73 Å². The Hall–Kier alpha value is -0.590. The van der Waals surface area contributed by atoms with Crippen LogP contribution < -0.4 is 10.5 Å². The average molecular weight is 260 g/mol. The first kappa shape index (κ1) is 11.9. The van der Waals surface area contributed by atoms with Gasteiger partial charge in [0.25, 0.3) is 10.0 Å². The Labute approximate surface area is 99.9 Å². The molecule has 90 valence electrons. The molecule has 0 spiro atoms. The third kappa shape index (κ3) is 2.09. The van der Waals surface area contributed by atoms with E-state index in [-0.39, 0.29) is 5.54 Å². The predicted octanol–water partition coefficient (Wildman–Crippen LogP) is 1.94. The maximum Gasteiger partial charge on any atom is 0.250 e. The van der Waals surface area contributed by atoms with E-state index >= 15 is 0 Å². The Kier molecular flexibility index (Phi) is 2.98. The second-order valence-electron chi connectivity index (χ2n) is 4.29. The fourth-order valence-corrected chi connectivity index (χ4v) is 4.55. The van der Waals surface area contributed by atoms with Crippen molar-refractivity contribution >= 4 is 27.0 Å². The number of hydrogen-bond acceptors (Lipinski definition) is 4. The molecule has 2 rings (SSSR count). The molecule has 1 saturated carbocycles. The van der Waals surface area contributed by atoms with Crippen molar-refractivity contribution in [1.82, 2.24) is 4.72 Å². The molecule has 1 aromatic rings. The SMILES string of the molecule is CCC1(NS(=O)(=O)c2cc(N)cs2)CCC1. The van der Waals surface area contributed by atoms with Crippen molar-refractivity contribution in [3.63, 3.8) is 0 Å². The summed E-state index contributed by atoms with van der Waals surface area (Å²) >= 11 is 1.17. The van der Waals surface area contributed by atoms with Crippen LogP contribution in [-0.2, 0) is 10.0 Å². The molecule has 0 saturated heterocycles. The average Bonchev–Trinajstić information content (AvgIpc) is 2.59. The van der Waals surface area contributed by atoms with E-state index < -0.39 is 10.0 Å². The second kappa shape index (κ2) is 4.01. The van der Waals surface area contributed by atoms with Crippen LogP contribution in [0.3, 0.4) is 0 Å². The molecule has 4 nitrogen and oxygen atoms in total. The van der Waals surface area contributed by atoms with Crippen LogP contribution in [0.4, 0.5) is 5.69 Å². The molecule has 0 aliphatic heterocycles. The molecule has 0 bridgehead atoms. The highest BCUT2D eigenvalue weighted by molar-refractivity contribution is 7.91. The summed E-state index contributed by atoms with van der Waals surface area (Å²) in [6.45, 7) is 2.02. The van der Waals surface area contributed by atoms with Crippen molar-refractivity contribution in [2.24, 2.45) is 0 Å². The van der Waals surface area contributed by atoms with Crippen LogP contribution in [0.25, 0.3) is 0 Å². The minimum atomic E-state index is -3.38. The standard InChI is InChI=1S/C10H16N2O2S2/c1-2-10(4-3-5-10)12-16(13,14)9-6-8(11)7-15-9/h6-7,12H,2-5,11H2,1H3. The van der Waals surface area contributed by atoms with Gasteiger partial charge in [-0.15, -0.1) is 11.3 Å². The number of hydrogen-bond donors (Lipinski definition) is 2. The van der Waals surface area contributed by atoms with Gasteiger partial charge in [-0.3, -0.25) is 0 Å². The van der Waals surface area contributed by atoms with Gasteiger partial charge in [0.1, 0.15) is 4.21 Å². The van der Waals surface area contributed by atoms with E-state index in [4.69, 9.17) is 5.73 Å². The summed E-state index contributed by atoms with van der Waals surface area (Å²) in [6.07, 6.45) is 3.81. The molecule has 0 radical (unpaired) electrons. The topological polar surface area (TPSA) is 72.2 Å². The Morgan fingerprint density at radius 1 is 1.56 bits per heavy atom. The highest BCUT2D eigenvalue weighted by Crippen LogP contribution is 2.36. The maximum atomic E-state index is 12.1. The monoisotopic (exact) mass is 260 g/mol. The van der Waals surface area contributed by atoms with Crippen LogP contribution >= 0.6 is 11.3 Å². The van der Waals surface area contributed by atoms with Crippen LogP contribution in [0, 0.1) is 0 Å². The van der Waals surface area contributed by atoms with Gasteiger partial charge in [0.05, 0.1) is 0 Å². The summed E-state index contributed by atoms with van der Waals surface area (Å²) in [5, 5.41) is 1.65. The molecule has 0 unspecified atom stereocenters. The van der Waals surface area contributed by atoms with Gasteiger partial charge in [0.2, 0.25) is 0 Å².